The van der Waals surface area contributed by atoms with Crippen LogP contribution in [0.2, 0.25) is 0 Å². The van der Waals surface area contributed by atoms with Crippen LogP contribution >= 0.6 is 0 Å². The number of amides is 1. The van der Waals surface area contributed by atoms with E-state index >= 15 is 0 Å². The number of nitrogens with zero attached hydrogens (tertiary/aromatic N) is 2. The van der Waals surface area contributed by atoms with Gasteiger partial charge in [0.2, 0.25) is 0 Å². The first-order valence-electron chi connectivity index (χ1n) is 6.39. The molecule has 0 aromatic heterocycles. The molecule has 0 aromatic rings. The van der Waals surface area contributed by atoms with Crippen LogP contribution in [0.5, 0.6) is 0 Å². The average Bonchev–Trinajstić information content (AvgIpc) is 2.06. The van der Waals surface area contributed by atoms with Crippen molar-refractivity contribution in [2.24, 2.45) is 0 Å². The monoisotopic (exact) mass is 259 g/mol. The Morgan fingerprint density at radius 2 is 1.39 bits per heavy atom. The van der Waals surface area contributed by atoms with Crippen molar-refractivity contribution in [2.75, 3.05) is 61.9 Å². The van der Waals surface area contributed by atoms with Gasteiger partial charge in [0.1, 0.15) is 6.54 Å². The molecule has 0 spiro atoms. The summed E-state index contributed by atoms with van der Waals surface area (Å²) in [7, 11) is 11.9. The summed E-state index contributed by atoms with van der Waals surface area (Å²) in [5.74, 6) is 0.296. The van der Waals surface area contributed by atoms with Crippen molar-refractivity contribution in [3.8, 4) is 0 Å². The van der Waals surface area contributed by atoms with Gasteiger partial charge in [0.15, 0.2) is 12.3 Å². The molecule has 0 saturated carbocycles. The van der Waals surface area contributed by atoms with Crippen LogP contribution in [0.1, 0.15) is 12.8 Å². The zero-order valence-electron chi connectivity index (χ0n) is 12.7. The summed E-state index contributed by atoms with van der Waals surface area (Å²) < 4.78 is 1.28. The van der Waals surface area contributed by atoms with Crippen LogP contribution in [-0.4, -0.2) is 82.6 Å². The first-order chi connectivity index (χ1) is 7.99. The van der Waals surface area contributed by atoms with Crippen molar-refractivity contribution in [1.82, 2.24) is 5.32 Å². The topological polar surface area (TPSA) is 46.2 Å². The number of Topliss-reactive ketones (excluding diaryl/α,β-unsaturated/α-hetero) is 1. The summed E-state index contributed by atoms with van der Waals surface area (Å²) in [6, 6.07) is 0. The van der Waals surface area contributed by atoms with Gasteiger partial charge in [-0.2, -0.15) is 0 Å². The Morgan fingerprint density at radius 3 is 1.83 bits per heavy atom. The summed E-state index contributed by atoms with van der Waals surface area (Å²) in [5.41, 5.74) is 0. The van der Waals surface area contributed by atoms with Crippen LogP contribution in [0.3, 0.4) is 0 Å². The Bertz CT molecular complexity index is 258. The fourth-order valence-electron chi connectivity index (χ4n) is 1.61. The molecule has 1 N–H and O–H groups in total. The van der Waals surface area contributed by atoms with E-state index in [1.165, 1.54) is 0 Å². The van der Waals surface area contributed by atoms with E-state index in [4.69, 9.17) is 0 Å². The van der Waals surface area contributed by atoms with Crippen LogP contribution < -0.4 is 5.32 Å². The van der Waals surface area contributed by atoms with E-state index in [0.717, 1.165) is 6.42 Å². The van der Waals surface area contributed by atoms with E-state index in [0.29, 0.717) is 35.0 Å². The molecule has 0 aliphatic rings. The van der Waals surface area contributed by atoms with Gasteiger partial charge >= 0.3 is 0 Å². The molecule has 5 nitrogen and oxygen atoms in total. The smallest absolute Gasteiger partial charge is 0.275 e. The highest BCUT2D eigenvalue weighted by atomic mass is 16.2. The zero-order chi connectivity index (χ0) is 14.4. The Kier molecular flexibility index (Phi) is 6.49. The fraction of sp³-hybridized carbons (Fsp3) is 0.846. The quantitative estimate of drug-likeness (QED) is 0.487. The van der Waals surface area contributed by atoms with Gasteiger partial charge in [0, 0.05) is 13.0 Å². The van der Waals surface area contributed by atoms with Gasteiger partial charge in [-0.25, -0.2) is 0 Å². The van der Waals surface area contributed by atoms with Crippen LogP contribution in [0.15, 0.2) is 0 Å². The predicted octanol–water partition coefficient (Wildman–Crippen LogP) is -0.136. The Morgan fingerprint density at radius 1 is 0.889 bits per heavy atom. The summed E-state index contributed by atoms with van der Waals surface area (Å²) in [6.07, 6.45) is 1.27. The maximum atomic E-state index is 11.6. The minimum absolute atomic E-state index is 0.0431. The zero-order valence-corrected chi connectivity index (χ0v) is 12.7. The number of nitrogens with one attached hydrogen (secondary N) is 1. The van der Waals surface area contributed by atoms with Crippen molar-refractivity contribution >= 4 is 11.7 Å². The third-order valence-electron chi connectivity index (χ3n) is 2.22. The normalized spacial score (nSPS) is 12.3. The Labute approximate surface area is 111 Å². The van der Waals surface area contributed by atoms with Crippen molar-refractivity contribution in [3.63, 3.8) is 0 Å². The third kappa shape index (κ3) is 11.5. The van der Waals surface area contributed by atoms with Gasteiger partial charge in [0.05, 0.1) is 42.3 Å². The molecule has 0 bridgehead atoms. The number of carbonyl (C=O) groups excluding carboxylic acids is 2. The van der Waals surface area contributed by atoms with E-state index in [9.17, 15) is 9.59 Å². The lowest BCUT2D eigenvalue weighted by Gasteiger charge is -2.23. The van der Waals surface area contributed by atoms with Crippen LogP contribution in [0, 0.1) is 0 Å². The van der Waals surface area contributed by atoms with E-state index in [-0.39, 0.29) is 11.7 Å². The molecule has 0 atom stereocenters. The Balaban J connectivity index is 3.69. The molecular weight excluding hydrogens is 230 g/mol. The molecule has 0 saturated heterocycles. The molecule has 0 fully saturated rings. The molecule has 0 unspecified atom stereocenters. The van der Waals surface area contributed by atoms with E-state index < -0.39 is 0 Å². The van der Waals surface area contributed by atoms with Crippen molar-refractivity contribution in [2.45, 2.75) is 12.8 Å². The molecule has 0 rings (SSSR count). The first-order valence-corrected chi connectivity index (χ1v) is 6.39. The van der Waals surface area contributed by atoms with Gasteiger partial charge in [-0.15, -0.1) is 0 Å². The van der Waals surface area contributed by atoms with Crippen molar-refractivity contribution < 1.29 is 18.6 Å². The summed E-state index contributed by atoms with van der Waals surface area (Å²) in [5, 5.41) is 2.85. The van der Waals surface area contributed by atoms with Gasteiger partial charge in [-0.1, -0.05) is 0 Å². The Hall–Kier alpha value is -0.940. The van der Waals surface area contributed by atoms with Crippen molar-refractivity contribution in [1.29, 1.82) is 0 Å². The SMILES string of the molecule is C[N+](C)(C)CC(=O)CCCNC(=O)C[N+](C)(C)C. The molecule has 0 radical (unpaired) electrons. The molecule has 0 heterocycles. The predicted molar refractivity (Wildman–Crippen MR) is 73.0 cm³/mol. The summed E-state index contributed by atoms with van der Waals surface area (Å²) in [6.45, 7) is 1.60. The standard InChI is InChI=1S/C13H28N3O2/c1-15(2,3)10-12(17)8-7-9-14-13(18)11-16(4,5)6/h7-11H2,1-6H3/q+1/p+1. The first kappa shape index (κ1) is 17.1. The van der Waals surface area contributed by atoms with E-state index in [1.807, 2.05) is 42.3 Å². The highest BCUT2D eigenvalue weighted by Crippen LogP contribution is 1.96. The molecular formula is C13H29N3O2+2. The molecule has 0 aromatic carbocycles. The highest BCUT2D eigenvalue weighted by Gasteiger charge is 2.15. The lowest BCUT2D eigenvalue weighted by Crippen LogP contribution is -2.44. The maximum Gasteiger partial charge on any atom is 0.275 e. The second-order valence-electron chi connectivity index (χ2n) is 6.89. The summed E-state index contributed by atoms with van der Waals surface area (Å²) in [4.78, 5) is 23.1. The second kappa shape index (κ2) is 6.85. The van der Waals surface area contributed by atoms with E-state index in [1.54, 1.807) is 0 Å². The molecule has 18 heavy (non-hydrogen) atoms. The van der Waals surface area contributed by atoms with Gasteiger partial charge < -0.3 is 14.3 Å². The lowest BCUT2D eigenvalue weighted by atomic mass is 10.2. The molecule has 106 valence electrons. The summed E-state index contributed by atoms with van der Waals surface area (Å²) >= 11 is 0. The molecule has 0 aliphatic carbocycles. The van der Waals surface area contributed by atoms with Gasteiger partial charge in [-0.3, -0.25) is 9.59 Å². The minimum atomic E-state index is 0.0431. The minimum Gasteiger partial charge on any atom is -0.351 e. The fourth-order valence-corrected chi connectivity index (χ4v) is 1.61. The van der Waals surface area contributed by atoms with Crippen LogP contribution in [-0.2, 0) is 9.59 Å². The van der Waals surface area contributed by atoms with Gasteiger partial charge in [0.25, 0.3) is 5.91 Å². The van der Waals surface area contributed by atoms with Crippen molar-refractivity contribution in [3.05, 3.63) is 0 Å². The van der Waals surface area contributed by atoms with Crippen LogP contribution in [0.4, 0.5) is 0 Å². The number of ketones is 1. The number of likely N-dealkylation sites (N-methyl/N-ethyl adjacent to an activating group) is 2. The number of carbonyl (C=O) groups is 2. The number of hydrogen-bond donors (Lipinski definition) is 1. The van der Waals surface area contributed by atoms with Crippen LogP contribution in [0.25, 0.3) is 0 Å². The molecule has 1 amide bonds. The number of rotatable bonds is 8. The third-order valence-corrected chi connectivity index (χ3v) is 2.22. The van der Waals surface area contributed by atoms with E-state index in [2.05, 4.69) is 5.32 Å². The molecule has 5 heteroatoms. The average molecular weight is 259 g/mol. The second-order valence-corrected chi connectivity index (χ2v) is 6.89. The molecule has 0 aliphatic heterocycles. The lowest BCUT2D eigenvalue weighted by molar-refractivity contribution is -0.862. The van der Waals surface area contributed by atoms with Gasteiger partial charge in [-0.05, 0) is 6.42 Å². The number of hydrogen-bond acceptors (Lipinski definition) is 2. The number of quaternary nitrogens is 2. The largest absolute Gasteiger partial charge is 0.351 e. The highest BCUT2D eigenvalue weighted by molar-refractivity contribution is 5.79. The maximum absolute atomic E-state index is 11.6.